The van der Waals surface area contributed by atoms with Crippen molar-refractivity contribution in [2.45, 2.75) is 6.92 Å². The van der Waals surface area contributed by atoms with E-state index in [1.165, 1.54) is 0 Å². The molecule has 0 heterocycles. The molecule has 0 aromatic carbocycles. The van der Waals surface area contributed by atoms with Gasteiger partial charge in [-0.1, -0.05) is 6.92 Å². The van der Waals surface area contributed by atoms with Crippen molar-refractivity contribution in [2.24, 2.45) is 0 Å². The van der Waals surface area contributed by atoms with Crippen molar-refractivity contribution in [1.29, 1.82) is 0 Å². The monoisotopic (exact) mass is 254 g/mol. The Morgan fingerprint density at radius 2 is 1.83 bits per heavy atom. The van der Waals surface area contributed by atoms with Crippen molar-refractivity contribution in [2.75, 3.05) is 7.05 Å². The molecule has 6 heavy (non-hydrogen) atoms. The zero-order valence-electron chi connectivity index (χ0n) is 4.06. The minimum absolute atomic E-state index is 0. The third-order valence-electron chi connectivity index (χ3n) is 0.382. The third-order valence-corrected chi connectivity index (χ3v) is 0.382. The summed E-state index contributed by atoms with van der Waals surface area (Å²) in [6.07, 6.45) is 0. The molecule has 0 saturated heterocycles. The molecule has 0 aliphatic heterocycles. The second-order valence-electron chi connectivity index (χ2n) is 0.959. The van der Waals surface area contributed by atoms with Gasteiger partial charge in [0.15, 0.2) is 0 Å². The molecular weight excluding hydrogens is 246 g/mol. The Balaban J connectivity index is 0. The number of rotatable bonds is 1. The summed E-state index contributed by atoms with van der Waals surface area (Å²) in [5, 5.41) is 3.69. The zero-order valence-corrected chi connectivity index (χ0v) is 7.00. The van der Waals surface area contributed by atoms with Crippen LogP contribution in [0.1, 0.15) is 6.92 Å². The summed E-state index contributed by atoms with van der Waals surface area (Å²) in [6, 6.07) is 0. The van der Waals surface area contributed by atoms with Crippen LogP contribution in [0.2, 0.25) is 0 Å². The molecule has 2 heteroatoms. The number of nitrogens with zero attached hydrogens (tertiary/aromatic N) is 1. The summed E-state index contributed by atoms with van der Waals surface area (Å²) in [4.78, 5) is 0. The number of hydrogen-bond donors (Lipinski definition) is 0. The van der Waals surface area contributed by atoms with Gasteiger partial charge in [0.2, 0.25) is 0 Å². The molecule has 0 N–H and O–H groups in total. The first kappa shape index (κ1) is 9.52. The molecule has 0 fully saturated rings. The Labute approximate surface area is 53.1 Å². The van der Waals surface area contributed by atoms with E-state index in [1.54, 1.807) is 7.05 Å². The van der Waals surface area contributed by atoms with Gasteiger partial charge in [0.1, 0.15) is 0 Å². The number of allylic oxidation sites excluding steroid dienone is 1. The zero-order chi connectivity index (χ0) is 4.28. The molecule has 36 valence electrons. The molecule has 0 radical (unpaired) electrons. The van der Waals surface area contributed by atoms with Crippen molar-refractivity contribution < 1.29 is 21.1 Å². The summed E-state index contributed by atoms with van der Waals surface area (Å²) in [6.45, 7) is 5.37. The van der Waals surface area contributed by atoms with E-state index >= 15 is 0 Å². The molecule has 0 aliphatic carbocycles. The third kappa shape index (κ3) is 8.87. The van der Waals surface area contributed by atoms with Crippen LogP contribution in [0.25, 0.3) is 5.32 Å². The fourth-order valence-corrected chi connectivity index (χ4v) is 0. The Kier molecular flexibility index (Phi) is 8.30. The average Bonchev–Trinajstić information content (AvgIpc) is 1.38. The van der Waals surface area contributed by atoms with E-state index in [0.717, 1.165) is 5.70 Å². The topological polar surface area (TPSA) is 14.1 Å². The summed E-state index contributed by atoms with van der Waals surface area (Å²) < 4.78 is 0. The normalized spacial score (nSPS) is 5.67. The van der Waals surface area contributed by atoms with Crippen LogP contribution < -0.4 is 0 Å². The maximum absolute atomic E-state index is 3.69. The van der Waals surface area contributed by atoms with E-state index in [1.807, 2.05) is 6.92 Å². The van der Waals surface area contributed by atoms with E-state index < -0.39 is 0 Å². The first-order chi connectivity index (χ1) is 2.27. The molecule has 0 aromatic rings. The van der Waals surface area contributed by atoms with Crippen LogP contribution in [0.3, 0.4) is 0 Å². The molecule has 0 atom stereocenters. The Morgan fingerprint density at radius 3 is 1.83 bits per heavy atom. The largest absolute Gasteiger partial charge is 0.691 e. The van der Waals surface area contributed by atoms with Gasteiger partial charge in [-0.15, -0.1) is 13.6 Å². The Hall–Kier alpha value is 0.228. The molecule has 0 unspecified atom stereocenters. The SMILES string of the molecule is C=C(C)[N-]C.[W]. The molecular formula is C4H8NW-. The predicted octanol–water partition coefficient (Wildman–Crippen LogP) is 1.52. The van der Waals surface area contributed by atoms with Gasteiger partial charge in [-0.2, -0.15) is 5.70 Å². The maximum Gasteiger partial charge on any atom is 0 e. The molecule has 0 aliphatic rings. The van der Waals surface area contributed by atoms with Gasteiger partial charge in [0.05, 0.1) is 0 Å². The fraction of sp³-hybridized carbons (Fsp3) is 0.500. The van der Waals surface area contributed by atoms with E-state index in [-0.39, 0.29) is 21.1 Å². The fourth-order valence-electron chi connectivity index (χ4n) is 0. The summed E-state index contributed by atoms with van der Waals surface area (Å²) in [5.74, 6) is 0. The van der Waals surface area contributed by atoms with Gasteiger partial charge >= 0.3 is 0 Å². The van der Waals surface area contributed by atoms with Crippen LogP contribution in [0, 0.1) is 0 Å². The van der Waals surface area contributed by atoms with Crippen molar-refractivity contribution in [3.8, 4) is 0 Å². The molecule has 0 aromatic heterocycles. The first-order valence-corrected chi connectivity index (χ1v) is 1.52. The van der Waals surface area contributed by atoms with Crippen LogP contribution in [0.5, 0.6) is 0 Å². The summed E-state index contributed by atoms with van der Waals surface area (Å²) in [7, 11) is 1.72. The van der Waals surface area contributed by atoms with Crippen LogP contribution >= 0.6 is 0 Å². The van der Waals surface area contributed by atoms with Gasteiger partial charge < -0.3 is 5.32 Å². The molecule has 0 bridgehead atoms. The van der Waals surface area contributed by atoms with Gasteiger partial charge in [-0.05, 0) is 0 Å². The second-order valence-corrected chi connectivity index (χ2v) is 0.959. The molecule has 0 spiro atoms. The minimum Gasteiger partial charge on any atom is -0.691 e. The van der Waals surface area contributed by atoms with Gasteiger partial charge in [0.25, 0.3) is 0 Å². The first-order valence-electron chi connectivity index (χ1n) is 1.52. The summed E-state index contributed by atoms with van der Waals surface area (Å²) >= 11 is 0. The number of hydrogen-bond acceptors (Lipinski definition) is 0. The smallest absolute Gasteiger partial charge is 0 e. The molecule has 0 rings (SSSR count). The van der Waals surface area contributed by atoms with Crippen molar-refractivity contribution in [3.63, 3.8) is 0 Å². The van der Waals surface area contributed by atoms with Crippen LogP contribution in [0.15, 0.2) is 12.3 Å². The van der Waals surface area contributed by atoms with E-state index in [0.29, 0.717) is 0 Å². The maximum atomic E-state index is 3.69. The van der Waals surface area contributed by atoms with Crippen LogP contribution in [-0.2, 0) is 21.1 Å². The van der Waals surface area contributed by atoms with E-state index in [9.17, 15) is 0 Å². The van der Waals surface area contributed by atoms with Crippen LogP contribution in [0.4, 0.5) is 0 Å². The van der Waals surface area contributed by atoms with Crippen molar-refractivity contribution >= 4 is 0 Å². The average molecular weight is 254 g/mol. The Morgan fingerprint density at radius 1 is 1.67 bits per heavy atom. The van der Waals surface area contributed by atoms with E-state index in [2.05, 4.69) is 11.9 Å². The standard InChI is InChI=1S/C4H8N.W/c1-4(2)5-3;/h1H2,2-3H3;/q-1;. The van der Waals surface area contributed by atoms with Crippen LogP contribution in [-0.4, -0.2) is 7.05 Å². The molecule has 0 saturated carbocycles. The van der Waals surface area contributed by atoms with Gasteiger partial charge in [0, 0.05) is 21.1 Å². The summed E-state index contributed by atoms with van der Waals surface area (Å²) in [5.41, 5.74) is 0.880. The quantitative estimate of drug-likeness (QED) is 0.673. The van der Waals surface area contributed by atoms with Gasteiger partial charge in [-0.3, -0.25) is 0 Å². The Bertz CT molecular complexity index is 42.8. The predicted molar refractivity (Wildman–Crippen MR) is 24.1 cm³/mol. The van der Waals surface area contributed by atoms with Gasteiger partial charge in [-0.25, -0.2) is 0 Å². The minimum atomic E-state index is 0. The molecule has 1 nitrogen and oxygen atoms in total. The second kappa shape index (κ2) is 5.23. The molecule has 0 amide bonds. The van der Waals surface area contributed by atoms with Crippen molar-refractivity contribution in [3.05, 3.63) is 17.6 Å². The van der Waals surface area contributed by atoms with Crippen molar-refractivity contribution in [1.82, 2.24) is 0 Å². The van der Waals surface area contributed by atoms with E-state index in [4.69, 9.17) is 0 Å².